The summed E-state index contributed by atoms with van der Waals surface area (Å²) in [6.07, 6.45) is 0.907. The fraction of sp³-hybridized carbons (Fsp3) is 0.375. The number of hydrogen-bond donors (Lipinski definition) is 0. The topological polar surface area (TPSA) is 64.4 Å². The molecular weight excluding hydrogens is 346 g/mol. The first-order valence-corrected chi connectivity index (χ1v) is 8.85. The van der Waals surface area contributed by atoms with Crippen molar-refractivity contribution in [2.45, 2.75) is 26.4 Å². The molecule has 2 heterocycles. The number of rotatable bonds is 1. The van der Waals surface area contributed by atoms with Crippen molar-refractivity contribution in [2.24, 2.45) is 0 Å². The molecule has 126 valence electrons. The molecule has 8 heteroatoms. The molecular formula is C16H17N3O3S2. The summed E-state index contributed by atoms with van der Waals surface area (Å²) in [5.74, 6) is 0.679. The van der Waals surface area contributed by atoms with Crippen LogP contribution in [0.15, 0.2) is 24.5 Å². The van der Waals surface area contributed by atoms with E-state index in [1.165, 1.54) is 22.7 Å². The van der Waals surface area contributed by atoms with Gasteiger partial charge >= 0.3 is 6.09 Å². The van der Waals surface area contributed by atoms with Crippen LogP contribution < -0.4 is 0 Å². The number of amides is 1. The fourth-order valence-corrected chi connectivity index (χ4v) is 3.54. The number of nitrogens with zero attached hydrogens (tertiary/aromatic N) is 3. The molecule has 0 bridgehead atoms. The number of benzene rings is 1. The van der Waals surface area contributed by atoms with E-state index in [9.17, 15) is 9.59 Å². The minimum absolute atomic E-state index is 0.140. The van der Waals surface area contributed by atoms with Gasteiger partial charge in [0.05, 0.1) is 11.0 Å². The first-order chi connectivity index (χ1) is 11.3. The zero-order valence-corrected chi connectivity index (χ0v) is 15.2. The van der Waals surface area contributed by atoms with Gasteiger partial charge in [-0.2, -0.15) is 0 Å². The lowest BCUT2D eigenvalue weighted by Gasteiger charge is -2.19. The monoisotopic (exact) mass is 363 g/mol. The summed E-state index contributed by atoms with van der Waals surface area (Å²) in [6.45, 7) is 6.03. The Hall–Kier alpha value is -1.93. The van der Waals surface area contributed by atoms with E-state index in [1.807, 2.05) is 0 Å². The number of fused-ring (bicyclic) bond motifs is 1. The van der Waals surface area contributed by atoms with Crippen LogP contribution in [0.2, 0.25) is 0 Å². The molecule has 0 unspecified atom stereocenters. The minimum Gasteiger partial charge on any atom is -0.443 e. The molecule has 0 spiro atoms. The molecule has 1 aromatic heterocycles. The van der Waals surface area contributed by atoms with E-state index in [-0.39, 0.29) is 5.91 Å². The van der Waals surface area contributed by atoms with Crippen molar-refractivity contribution in [1.82, 2.24) is 14.5 Å². The minimum atomic E-state index is -0.591. The van der Waals surface area contributed by atoms with E-state index in [0.717, 1.165) is 5.75 Å². The van der Waals surface area contributed by atoms with Crippen LogP contribution in [0.4, 0.5) is 4.79 Å². The first kappa shape index (κ1) is 16.9. The van der Waals surface area contributed by atoms with Crippen LogP contribution >= 0.6 is 24.0 Å². The van der Waals surface area contributed by atoms with Crippen molar-refractivity contribution < 1.29 is 14.3 Å². The summed E-state index contributed by atoms with van der Waals surface area (Å²) >= 11 is 6.69. The highest BCUT2D eigenvalue weighted by atomic mass is 32.2. The Labute approximate surface area is 149 Å². The highest BCUT2D eigenvalue weighted by Crippen LogP contribution is 2.23. The van der Waals surface area contributed by atoms with Crippen molar-refractivity contribution >= 4 is 51.3 Å². The molecule has 1 aromatic carbocycles. The lowest BCUT2D eigenvalue weighted by Crippen LogP contribution is -2.30. The smallest absolute Gasteiger partial charge is 0.420 e. The van der Waals surface area contributed by atoms with Gasteiger partial charge in [0.25, 0.3) is 5.91 Å². The zero-order valence-electron chi connectivity index (χ0n) is 13.6. The summed E-state index contributed by atoms with van der Waals surface area (Å²) in [7, 11) is 0. The van der Waals surface area contributed by atoms with Crippen molar-refractivity contribution in [3.8, 4) is 0 Å². The molecule has 3 rings (SSSR count). The summed E-state index contributed by atoms with van der Waals surface area (Å²) in [5, 5.41) is 0. The van der Waals surface area contributed by atoms with E-state index in [1.54, 1.807) is 43.9 Å². The Bertz CT molecular complexity index is 839. The third kappa shape index (κ3) is 3.29. The van der Waals surface area contributed by atoms with Gasteiger partial charge in [-0.1, -0.05) is 24.0 Å². The van der Waals surface area contributed by atoms with Crippen LogP contribution in [0, 0.1) is 0 Å². The molecule has 0 radical (unpaired) electrons. The van der Waals surface area contributed by atoms with Crippen molar-refractivity contribution in [1.29, 1.82) is 0 Å². The highest BCUT2D eigenvalue weighted by molar-refractivity contribution is 8.23. The third-order valence-electron chi connectivity index (χ3n) is 3.39. The Kier molecular flexibility index (Phi) is 4.35. The average Bonchev–Trinajstić information content (AvgIpc) is 3.10. The number of imidazole rings is 1. The van der Waals surface area contributed by atoms with Gasteiger partial charge in [-0.25, -0.2) is 14.3 Å². The second kappa shape index (κ2) is 6.18. The molecule has 1 aliphatic rings. The number of thioether (sulfide) groups is 1. The molecule has 2 aromatic rings. The molecule has 1 saturated heterocycles. The molecule has 1 fully saturated rings. The maximum atomic E-state index is 12.5. The fourth-order valence-electron chi connectivity index (χ4n) is 2.34. The van der Waals surface area contributed by atoms with E-state index < -0.39 is 11.7 Å². The predicted octanol–water partition coefficient (Wildman–Crippen LogP) is 3.29. The molecule has 0 saturated carbocycles. The Balaban J connectivity index is 1.89. The van der Waals surface area contributed by atoms with Gasteiger partial charge in [0, 0.05) is 17.9 Å². The van der Waals surface area contributed by atoms with Gasteiger partial charge in [-0.05, 0) is 39.0 Å². The van der Waals surface area contributed by atoms with Gasteiger partial charge in [-0.3, -0.25) is 9.69 Å². The van der Waals surface area contributed by atoms with Crippen LogP contribution in [0.25, 0.3) is 11.0 Å². The standard InChI is InChI=1S/C16H17N3O3S2/c1-16(2,3)22-14(21)19-9-17-11-8-10(4-5-12(11)19)13(20)18-6-7-24-15(18)23/h4-5,8-9H,6-7H2,1-3H3. The van der Waals surface area contributed by atoms with Gasteiger partial charge in [0.15, 0.2) is 0 Å². The summed E-state index contributed by atoms with van der Waals surface area (Å²) in [4.78, 5) is 30.5. The second-order valence-corrected chi connectivity index (χ2v) is 8.10. The Morgan fingerprint density at radius 2 is 2.08 bits per heavy atom. The normalized spacial score (nSPS) is 15.1. The van der Waals surface area contributed by atoms with Crippen LogP contribution in [0.5, 0.6) is 0 Å². The summed E-state index contributed by atoms with van der Waals surface area (Å²) < 4.78 is 7.29. The molecule has 1 amide bonds. The number of thiocarbonyl (C=S) groups is 1. The van der Waals surface area contributed by atoms with Gasteiger partial charge < -0.3 is 4.74 Å². The molecule has 0 N–H and O–H groups in total. The summed E-state index contributed by atoms with van der Waals surface area (Å²) in [5.41, 5.74) is 1.07. The highest BCUT2D eigenvalue weighted by Gasteiger charge is 2.26. The van der Waals surface area contributed by atoms with E-state index in [4.69, 9.17) is 17.0 Å². The van der Waals surface area contributed by atoms with Crippen LogP contribution in [-0.2, 0) is 4.74 Å². The van der Waals surface area contributed by atoms with Crippen molar-refractivity contribution in [2.75, 3.05) is 12.3 Å². The van der Waals surface area contributed by atoms with Crippen molar-refractivity contribution in [3.05, 3.63) is 30.1 Å². The zero-order chi connectivity index (χ0) is 17.5. The van der Waals surface area contributed by atoms with Crippen LogP contribution in [-0.4, -0.2) is 48.7 Å². The van der Waals surface area contributed by atoms with Crippen molar-refractivity contribution in [3.63, 3.8) is 0 Å². The third-order valence-corrected chi connectivity index (χ3v) is 4.82. The maximum absolute atomic E-state index is 12.5. The number of aromatic nitrogens is 2. The largest absolute Gasteiger partial charge is 0.443 e. The Morgan fingerprint density at radius 1 is 1.33 bits per heavy atom. The maximum Gasteiger partial charge on any atom is 0.420 e. The lowest BCUT2D eigenvalue weighted by atomic mass is 10.1. The van der Waals surface area contributed by atoms with E-state index >= 15 is 0 Å². The molecule has 0 aliphatic carbocycles. The molecule has 24 heavy (non-hydrogen) atoms. The number of carbonyl (C=O) groups excluding carboxylic acids is 2. The van der Waals surface area contributed by atoms with Crippen LogP contribution in [0.1, 0.15) is 31.1 Å². The lowest BCUT2D eigenvalue weighted by molar-refractivity contribution is 0.0543. The molecule has 6 nitrogen and oxygen atoms in total. The first-order valence-electron chi connectivity index (χ1n) is 7.45. The quantitative estimate of drug-likeness (QED) is 0.725. The number of carbonyl (C=O) groups is 2. The van der Waals surface area contributed by atoms with Gasteiger partial charge in [-0.15, -0.1) is 0 Å². The van der Waals surface area contributed by atoms with Gasteiger partial charge in [0.2, 0.25) is 0 Å². The number of hydrogen-bond acceptors (Lipinski definition) is 6. The van der Waals surface area contributed by atoms with Gasteiger partial charge in [0.1, 0.15) is 16.2 Å². The predicted molar refractivity (Wildman–Crippen MR) is 97.5 cm³/mol. The average molecular weight is 363 g/mol. The van der Waals surface area contributed by atoms with Crippen LogP contribution in [0.3, 0.4) is 0 Å². The molecule has 0 atom stereocenters. The second-order valence-electron chi connectivity index (χ2n) is 6.37. The molecule has 1 aliphatic heterocycles. The van der Waals surface area contributed by atoms with E-state index in [2.05, 4.69) is 4.98 Å². The number of ether oxygens (including phenoxy) is 1. The Morgan fingerprint density at radius 3 is 2.71 bits per heavy atom. The summed E-state index contributed by atoms with van der Waals surface area (Å²) in [6, 6.07) is 5.05. The SMILES string of the molecule is CC(C)(C)OC(=O)n1cnc2cc(C(=O)N3CCSC3=S)ccc21. The van der Waals surface area contributed by atoms with E-state index in [0.29, 0.717) is 27.5 Å².